The van der Waals surface area contributed by atoms with Crippen molar-refractivity contribution in [3.63, 3.8) is 0 Å². The lowest BCUT2D eigenvalue weighted by Crippen LogP contribution is -3.15. The van der Waals surface area contributed by atoms with Crippen LogP contribution in [0.4, 0.5) is 0 Å². The first-order valence-electron chi connectivity index (χ1n) is 7.09. The van der Waals surface area contributed by atoms with Crippen LogP contribution in [0.15, 0.2) is 24.3 Å². The van der Waals surface area contributed by atoms with E-state index in [1.165, 1.54) is 12.0 Å². The molecule has 0 aliphatic carbocycles. The van der Waals surface area contributed by atoms with E-state index in [-0.39, 0.29) is 12.6 Å². The number of methoxy groups -OCH3 is 1. The summed E-state index contributed by atoms with van der Waals surface area (Å²) in [7, 11) is 1.34. The summed E-state index contributed by atoms with van der Waals surface area (Å²) in [5, 5.41) is 9.98. The quantitative estimate of drug-likeness (QED) is 0.668. The van der Waals surface area contributed by atoms with Gasteiger partial charge in [-0.25, -0.2) is 4.79 Å². The molecule has 1 saturated heterocycles. The monoisotopic (exact) mass is 296 g/mol. The number of esters is 1. The number of benzene rings is 1. The Labute approximate surface area is 124 Å². The molecule has 0 aromatic heterocycles. The van der Waals surface area contributed by atoms with Gasteiger partial charge in [-0.15, -0.1) is 0 Å². The summed E-state index contributed by atoms with van der Waals surface area (Å²) in [4.78, 5) is 12.6. The molecule has 1 aromatic rings. The van der Waals surface area contributed by atoms with Crippen molar-refractivity contribution in [2.24, 2.45) is 0 Å². The molecule has 1 aliphatic rings. The van der Waals surface area contributed by atoms with Crippen molar-refractivity contribution < 1.29 is 29.0 Å². The summed E-state index contributed by atoms with van der Waals surface area (Å²) in [6.07, 6.45) is -0.515. The molecule has 1 aromatic carbocycles. The second-order valence-corrected chi connectivity index (χ2v) is 5.05. The molecule has 6 heteroatoms. The molecule has 0 bridgehead atoms. The largest absolute Gasteiger partial charge is 0.491 e. The normalized spacial score (nSPS) is 17.2. The Bertz CT molecular complexity index is 442. The Hall–Kier alpha value is -1.63. The predicted molar refractivity (Wildman–Crippen MR) is 75.7 cm³/mol. The summed E-state index contributed by atoms with van der Waals surface area (Å²) in [6.45, 7) is 4.23. The standard InChI is InChI=1S/C15H21NO5/c1-19-15(18)12-2-4-14(5-3-12)21-11-13(17)10-16-6-8-20-9-7-16/h2-5,13,17H,6-11H2,1H3/p+1/t13-/m1/s1. The van der Waals surface area contributed by atoms with Crippen LogP contribution < -0.4 is 9.64 Å². The van der Waals surface area contributed by atoms with Gasteiger partial charge in [-0.2, -0.15) is 0 Å². The second kappa shape index (κ2) is 7.97. The Kier molecular flexibility index (Phi) is 5.98. The molecular formula is C15H22NO5+. The molecule has 1 fully saturated rings. The number of hydrogen-bond acceptors (Lipinski definition) is 5. The van der Waals surface area contributed by atoms with Crippen LogP contribution in [0.3, 0.4) is 0 Å². The maximum Gasteiger partial charge on any atom is 0.337 e. The van der Waals surface area contributed by atoms with E-state index in [2.05, 4.69) is 4.74 Å². The highest BCUT2D eigenvalue weighted by molar-refractivity contribution is 5.89. The van der Waals surface area contributed by atoms with E-state index in [1.54, 1.807) is 24.3 Å². The summed E-state index contributed by atoms with van der Waals surface area (Å²) >= 11 is 0. The van der Waals surface area contributed by atoms with Gasteiger partial charge in [-0.3, -0.25) is 0 Å². The predicted octanol–water partition coefficient (Wildman–Crippen LogP) is -0.872. The molecule has 1 atom stereocenters. The van der Waals surface area contributed by atoms with E-state index in [4.69, 9.17) is 9.47 Å². The first-order chi connectivity index (χ1) is 10.2. The first kappa shape index (κ1) is 15.8. The van der Waals surface area contributed by atoms with Gasteiger partial charge in [0.1, 0.15) is 38.1 Å². The molecule has 0 saturated carbocycles. The van der Waals surface area contributed by atoms with Crippen molar-refractivity contribution in [1.82, 2.24) is 0 Å². The van der Waals surface area contributed by atoms with Crippen molar-refractivity contribution in [2.75, 3.05) is 46.6 Å². The molecule has 0 unspecified atom stereocenters. The molecule has 21 heavy (non-hydrogen) atoms. The zero-order chi connectivity index (χ0) is 15.1. The summed E-state index contributed by atoms with van der Waals surface area (Å²) in [5.74, 6) is 0.246. The van der Waals surface area contributed by atoms with Crippen LogP contribution in [0.2, 0.25) is 0 Å². The van der Waals surface area contributed by atoms with Crippen LogP contribution in [0, 0.1) is 0 Å². The minimum absolute atomic E-state index is 0.238. The number of rotatable bonds is 6. The molecular weight excluding hydrogens is 274 g/mol. The maximum atomic E-state index is 11.3. The fraction of sp³-hybridized carbons (Fsp3) is 0.533. The molecule has 0 radical (unpaired) electrons. The Morgan fingerprint density at radius 3 is 2.62 bits per heavy atom. The number of carbonyl (C=O) groups excluding carboxylic acids is 1. The summed E-state index contributed by atoms with van der Waals surface area (Å²) < 4.78 is 15.4. The van der Waals surface area contributed by atoms with Crippen LogP contribution in [-0.4, -0.2) is 63.7 Å². The average Bonchev–Trinajstić information content (AvgIpc) is 2.53. The molecule has 2 rings (SSSR count). The topological polar surface area (TPSA) is 69.4 Å². The molecule has 0 amide bonds. The Morgan fingerprint density at radius 1 is 1.33 bits per heavy atom. The molecule has 1 aliphatic heterocycles. The van der Waals surface area contributed by atoms with Crippen LogP contribution in [-0.2, 0) is 9.47 Å². The van der Waals surface area contributed by atoms with E-state index < -0.39 is 6.10 Å². The van der Waals surface area contributed by atoms with Crippen LogP contribution in [0.25, 0.3) is 0 Å². The van der Waals surface area contributed by atoms with E-state index in [0.717, 1.165) is 26.3 Å². The Balaban J connectivity index is 1.75. The van der Waals surface area contributed by atoms with Crippen molar-refractivity contribution >= 4 is 5.97 Å². The number of quaternary nitrogens is 1. The van der Waals surface area contributed by atoms with Crippen molar-refractivity contribution in [3.05, 3.63) is 29.8 Å². The zero-order valence-electron chi connectivity index (χ0n) is 12.2. The number of morpholine rings is 1. The molecule has 116 valence electrons. The van der Waals surface area contributed by atoms with E-state index in [0.29, 0.717) is 17.9 Å². The van der Waals surface area contributed by atoms with Crippen LogP contribution >= 0.6 is 0 Å². The fourth-order valence-electron chi connectivity index (χ4n) is 2.25. The van der Waals surface area contributed by atoms with E-state index >= 15 is 0 Å². The summed E-state index contributed by atoms with van der Waals surface area (Å²) in [6, 6.07) is 6.67. The number of aliphatic hydroxyl groups excluding tert-OH is 1. The summed E-state index contributed by atoms with van der Waals surface area (Å²) in [5.41, 5.74) is 0.475. The minimum atomic E-state index is -0.515. The number of aliphatic hydroxyl groups is 1. The van der Waals surface area contributed by atoms with Crippen molar-refractivity contribution in [3.8, 4) is 5.75 Å². The molecule has 0 spiro atoms. The average molecular weight is 296 g/mol. The SMILES string of the molecule is COC(=O)c1ccc(OC[C@H](O)C[NH+]2CCOCC2)cc1. The maximum absolute atomic E-state index is 11.3. The van der Waals surface area contributed by atoms with Gasteiger partial charge in [-0.05, 0) is 24.3 Å². The van der Waals surface area contributed by atoms with Gasteiger partial charge < -0.3 is 24.2 Å². The third-order valence-electron chi connectivity index (χ3n) is 3.44. The van der Waals surface area contributed by atoms with Gasteiger partial charge in [0, 0.05) is 0 Å². The van der Waals surface area contributed by atoms with Gasteiger partial charge in [0.05, 0.1) is 25.9 Å². The molecule has 6 nitrogen and oxygen atoms in total. The molecule has 2 N–H and O–H groups in total. The lowest BCUT2D eigenvalue weighted by molar-refractivity contribution is -0.911. The highest BCUT2D eigenvalue weighted by Crippen LogP contribution is 2.13. The van der Waals surface area contributed by atoms with Gasteiger partial charge in [0.2, 0.25) is 0 Å². The number of carbonyl (C=O) groups is 1. The minimum Gasteiger partial charge on any atom is -0.491 e. The van der Waals surface area contributed by atoms with Crippen LogP contribution in [0.1, 0.15) is 10.4 Å². The lowest BCUT2D eigenvalue weighted by atomic mass is 10.2. The number of ether oxygens (including phenoxy) is 3. The van der Waals surface area contributed by atoms with Crippen LogP contribution in [0.5, 0.6) is 5.75 Å². The van der Waals surface area contributed by atoms with E-state index in [9.17, 15) is 9.90 Å². The van der Waals surface area contributed by atoms with Gasteiger partial charge in [0.25, 0.3) is 0 Å². The third-order valence-corrected chi connectivity index (χ3v) is 3.44. The van der Waals surface area contributed by atoms with Crippen molar-refractivity contribution in [1.29, 1.82) is 0 Å². The van der Waals surface area contributed by atoms with E-state index in [1.807, 2.05) is 0 Å². The second-order valence-electron chi connectivity index (χ2n) is 5.05. The fourth-order valence-corrected chi connectivity index (χ4v) is 2.25. The Morgan fingerprint density at radius 2 is 2.00 bits per heavy atom. The number of nitrogens with one attached hydrogen (secondary N) is 1. The first-order valence-corrected chi connectivity index (χ1v) is 7.09. The van der Waals surface area contributed by atoms with Gasteiger partial charge in [0.15, 0.2) is 0 Å². The smallest absolute Gasteiger partial charge is 0.337 e. The van der Waals surface area contributed by atoms with Crippen molar-refractivity contribution in [2.45, 2.75) is 6.10 Å². The number of hydrogen-bond donors (Lipinski definition) is 2. The zero-order valence-corrected chi connectivity index (χ0v) is 12.2. The van der Waals surface area contributed by atoms with Gasteiger partial charge >= 0.3 is 5.97 Å². The highest BCUT2D eigenvalue weighted by Gasteiger charge is 2.18. The molecule has 1 heterocycles. The highest BCUT2D eigenvalue weighted by atomic mass is 16.5. The third kappa shape index (κ3) is 5.00. The van der Waals surface area contributed by atoms with Gasteiger partial charge in [-0.1, -0.05) is 0 Å². The lowest BCUT2D eigenvalue weighted by Gasteiger charge is -2.25.